The Morgan fingerprint density at radius 2 is 1.86 bits per heavy atom. The number of rotatable bonds is 9. The highest BCUT2D eigenvalue weighted by molar-refractivity contribution is 7.89. The van der Waals surface area contributed by atoms with Crippen molar-refractivity contribution >= 4 is 27.6 Å². The third-order valence-electron chi connectivity index (χ3n) is 5.69. The molecule has 4 rings (SSSR count). The van der Waals surface area contributed by atoms with Gasteiger partial charge in [0.1, 0.15) is 17.3 Å². The molecule has 0 bridgehead atoms. The lowest BCUT2D eigenvalue weighted by molar-refractivity contribution is 0.101. The van der Waals surface area contributed by atoms with Gasteiger partial charge in [0.2, 0.25) is 10.0 Å². The average molecular weight is 518 g/mol. The van der Waals surface area contributed by atoms with Crippen molar-refractivity contribution in [2.45, 2.75) is 31.1 Å². The van der Waals surface area contributed by atoms with E-state index in [-0.39, 0.29) is 16.5 Å². The number of carbonyl (C=O) groups is 1. The summed E-state index contributed by atoms with van der Waals surface area (Å²) >= 11 is 0. The number of nitrogens with two attached hydrogens (primary N) is 2. The Morgan fingerprint density at radius 1 is 1.08 bits per heavy atom. The van der Waals surface area contributed by atoms with Gasteiger partial charge in [-0.25, -0.2) is 23.2 Å². The molecule has 190 valence electrons. The van der Waals surface area contributed by atoms with Crippen molar-refractivity contribution in [2.75, 3.05) is 5.32 Å². The fourth-order valence-electron chi connectivity index (χ4n) is 3.83. The van der Waals surface area contributed by atoms with Crippen LogP contribution in [0.4, 0.5) is 5.82 Å². The van der Waals surface area contributed by atoms with Crippen LogP contribution in [0.1, 0.15) is 41.5 Å². The second-order valence-electron chi connectivity index (χ2n) is 8.43. The van der Waals surface area contributed by atoms with Crippen molar-refractivity contribution < 1.29 is 13.2 Å². The van der Waals surface area contributed by atoms with Gasteiger partial charge in [-0.15, -0.1) is 0 Å². The third-order valence-corrected chi connectivity index (χ3v) is 6.66. The van der Waals surface area contributed by atoms with Gasteiger partial charge in [0.15, 0.2) is 0 Å². The highest BCUT2D eigenvalue weighted by Crippen LogP contribution is 2.26. The number of primary sulfonamides is 1. The van der Waals surface area contributed by atoms with E-state index >= 15 is 0 Å². The van der Waals surface area contributed by atoms with Crippen LogP contribution in [0.15, 0.2) is 77.8 Å². The first kappa shape index (κ1) is 25.7. The Kier molecular flexibility index (Phi) is 7.46. The Morgan fingerprint density at radius 3 is 2.54 bits per heavy atom. The molecule has 37 heavy (non-hydrogen) atoms. The molecule has 11 heteroatoms. The van der Waals surface area contributed by atoms with E-state index in [1.54, 1.807) is 60.7 Å². The Balaban J connectivity index is 1.63. The number of amides is 1. The molecule has 0 spiro atoms. The number of carbonyl (C=O) groups excluding carboxylic acids is 1. The summed E-state index contributed by atoms with van der Waals surface area (Å²) in [5.41, 5.74) is 8.79. The third kappa shape index (κ3) is 5.90. The summed E-state index contributed by atoms with van der Waals surface area (Å²) in [5.74, 6) is -0.227. The van der Waals surface area contributed by atoms with E-state index in [2.05, 4.69) is 22.3 Å². The maximum atomic E-state index is 13.3. The number of nitrogen functional groups attached to an aromatic ring is 1. The molecule has 0 saturated carbocycles. The predicted octanol–water partition coefficient (Wildman–Crippen LogP) is 3.46. The van der Waals surface area contributed by atoms with Gasteiger partial charge in [-0.2, -0.15) is 5.10 Å². The van der Waals surface area contributed by atoms with Crippen LogP contribution in [0.5, 0.6) is 0 Å². The van der Waals surface area contributed by atoms with E-state index in [1.165, 1.54) is 16.9 Å². The number of hydrogen-bond acceptors (Lipinski definition) is 6. The van der Waals surface area contributed by atoms with Crippen LogP contribution in [-0.4, -0.2) is 34.9 Å². The van der Waals surface area contributed by atoms with Crippen LogP contribution in [0, 0.1) is 5.41 Å². The van der Waals surface area contributed by atoms with Gasteiger partial charge < -0.3 is 11.1 Å². The maximum absolute atomic E-state index is 13.3. The number of anilines is 1. The standard InChI is InChI=1S/C26H27N7O3S/c1-2-3-8-19-15-22(33(32-19)20-9-6-7-17(14-20)25(27)28)26(34)31-24-13-12-18(16-30-24)21-10-4-5-11-23(21)37(29,35)36/h4-7,9-16H,2-3,8H2,1H3,(H3,27,28)(H2,29,35,36)(H,30,31,34). The molecule has 4 aromatic rings. The van der Waals surface area contributed by atoms with Gasteiger partial charge in [0, 0.05) is 22.9 Å². The van der Waals surface area contributed by atoms with E-state index in [0.29, 0.717) is 34.5 Å². The molecular weight excluding hydrogens is 490 g/mol. The van der Waals surface area contributed by atoms with E-state index in [9.17, 15) is 13.2 Å². The van der Waals surface area contributed by atoms with Crippen LogP contribution in [0.3, 0.4) is 0 Å². The summed E-state index contributed by atoms with van der Waals surface area (Å²) < 4.78 is 25.4. The van der Waals surface area contributed by atoms with Crippen LogP contribution in [-0.2, 0) is 16.4 Å². The lowest BCUT2D eigenvalue weighted by Crippen LogP contribution is -2.18. The van der Waals surface area contributed by atoms with Crippen molar-refractivity contribution in [2.24, 2.45) is 10.9 Å². The van der Waals surface area contributed by atoms with Crippen molar-refractivity contribution in [1.82, 2.24) is 14.8 Å². The predicted molar refractivity (Wildman–Crippen MR) is 142 cm³/mol. The first-order chi connectivity index (χ1) is 17.7. The number of nitrogens with zero attached hydrogens (tertiary/aromatic N) is 3. The van der Waals surface area contributed by atoms with E-state index in [4.69, 9.17) is 16.3 Å². The van der Waals surface area contributed by atoms with E-state index < -0.39 is 15.9 Å². The first-order valence-electron chi connectivity index (χ1n) is 11.6. The van der Waals surface area contributed by atoms with Gasteiger partial charge in [0.25, 0.3) is 5.91 Å². The van der Waals surface area contributed by atoms with Crippen molar-refractivity contribution in [3.8, 4) is 16.8 Å². The van der Waals surface area contributed by atoms with Crippen LogP contribution < -0.4 is 16.2 Å². The summed E-state index contributed by atoms with van der Waals surface area (Å²) in [6.45, 7) is 2.08. The zero-order valence-corrected chi connectivity index (χ0v) is 21.0. The number of sulfonamides is 1. The molecule has 2 heterocycles. The zero-order chi connectivity index (χ0) is 26.6. The lowest BCUT2D eigenvalue weighted by atomic mass is 10.1. The molecule has 1 amide bonds. The normalized spacial score (nSPS) is 11.3. The summed E-state index contributed by atoms with van der Waals surface area (Å²) in [6.07, 6.45) is 4.10. The SMILES string of the molecule is CCCCc1cc(C(=O)Nc2ccc(-c3ccccc3S(N)(=O)=O)cn2)n(-c2cccc(C(=N)N)c2)n1. The molecule has 0 saturated heterocycles. The molecule has 0 fully saturated rings. The van der Waals surface area contributed by atoms with Crippen LogP contribution in [0.25, 0.3) is 16.8 Å². The molecule has 2 aromatic heterocycles. The number of nitrogens with one attached hydrogen (secondary N) is 2. The molecular formula is C26H27N7O3S. The minimum Gasteiger partial charge on any atom is -0.384 e. The molecule has 0 atom stereocenters. The van der Waals surface area contributed by atoms with Gasteiger partial charge in [0.05, 0.1) is 16.3 Å². The highest BCUT2D eigenvalue weighted by Gasteiger charge is 2.19. The number of benzene rings is 2. The topological polar surface area (TPSA) is 170 Å². The number of aromatic nitrogens is 3. The number of aryl methyl sites for hydroxylation is 1. The summed E-state index contributed by atoms with van der Waals surface area (Å²) in [4.78, 5) is 17.6. The smallest absolute Gasteiger partial charge is 0.275 e. The number of unbranched alkanes of at least 4 members (excludes halogenated alkanes) is 1. The number of amidine groups is 1. The molecule has 0 aliphatic rings. The van der Waals surface area contributed by atoms with Gasteiger partial charge in [-0.3, -0.25) is 10.2 Å². The van der Waals surface area contributed by atoms with Crippen LogP contribution in [0.2, 0.25) is 0 Å². The minimum absolute atomic E-state index is 0.00936. The zero-order valence-electron chi connectivity index (χ0n) is 20.2. The number of pyridine rings is 1. The molecule has 2 aromatic carbocycles. The maximum Gasteiger partial charge on any atom is 0.275 e. The average Bonchev–Trinajstić information content (AvgIpc) is 3.32. The molecule has 0 radical (unpaired) electrons. The fraction of sp³-hybridized carbons (Fsp3) is 0.154. The molecule has 10 nitrogen and oxygen atoms in total. The van der Waals surface area contributed by atoms with Gasteiger partial charge >= 0.3 is 0 Å². The first-order valence-corrected chi connectivity index (χ1v) is 13.2. The van der Waals surface area contributed by atoms with Crippen molar-refractivity contribution in [3.05, 3.63) is 89.9 Å². The molecule has 6 N–H and O–H groups in total. The van der Waals surface area contributed by atoms with E-state index in [0.717, 1.165) is 18.5 Å². The Bertz CT molecular complexity index is 1560. The molecule has 0 aliphatic carbocycles. The fourth-order valence-corrected chi connectivity index (χ4v) is 4.60. The largest absolute Gasteiger partial charge is 0.384 e. The number of hydrogen-bond donors (Lipinski definition) is 4. The Labute approximate surface area is 214 Å². The molecule has 0 unspecified atom stereocenters. The van der Waals surface area contributed by atoms with Gasteiger partial charge in [-0.05, 0) is 49.2 Å². The van der Waals surface area contributed by atoms with E-state index in [1.807, 2.05) is 0 Å². The highest BCUT2D eigenvalue weighted by atomic mass is 32.2. The quantitative estimate of drug-likeness (QED) is 0.196. The summed E-state index contributed by atoms with van der Waals surface area (Å²) in [6, 6.07) is 18.3. The second-order valence-corrected chi connectivity index (χ2v) is 9.96. The lowest BCUT2D eigenvalue weighted by Gasteiger charge is -2.10. The van der Waals surface area contributed by atoms with Crippen LogP contribution >= 0.6 is 0 Å². The second kappa shape index (κ2) is 10.7. The minimum atomic E-state index is -3.92. The van der Waals surface area contributed by atoms with Crippen molar-refractivity contribution in [1.29, 1.82) is 5.41 Å². The summed E-state index contributed by atoms with van der Waals surface area (Å²) in [7, 11) is -3.92. The van der Waals surface area contributed by atoms with Crippen molar-refractivity contribution in [3.63, 3.8) is 0 Å². The molecule has 0 aliphatic heterocycles. The Hall–Kier alpha value is -4.35. The summed E-state index contributed by atoms with van der Waals surface area (Å²) in [5, 5.41) is 20.5. The van der Waals surface area contributed by atoms with Gasteiger partial charge in [-0.1, -0.05) is 43.7 Å². The monoisotopic (exact) mass is 517 g/mol.